The molecule has 5 nitrogen and oxygen atoms in total. The topological polar surface area (TPSA) is 71.1 Å². The second-order valence-electron chi connectivity index (χ2n) is 6.46. The molecule has 0 unspecified atom stereocenters. The summed E-state index contributed by atoms with van der Waals surface area (Å²) < 4.78 is 0. The van der Waals surface area contributed by atoms with Crippen LogP contribution in [-0.4, -0.2) is 29.9 Å². The standard InChI is InChI=1S/C19H29N3O2/c23-18-16-12-11-13-17(22-16)19(24)21-15-10-8-6-4-2-1-3-5-7-9-14-20-18/h11-13H,1-10,14-15H2,(H,20,23)(H,21,24). The fraction of sp³-hybridized carbons (Fsp3) is 0.632. The molecule has 0 aromatic carbocycles. The number of carbonyl (C=O) groups excluding carboxylic acids is 2. The molecule has 1 aromatic rings. The third-order valence-electron chi connectivity index (χ3n) is 4.39. The molecule has 0 saturated carbocycles. The SMILES string of the molecule is O=C1NCCCCCCCCCCCCNC(=O)c2cccc1n2. The highest BCUT2D eigenvalue weighted by molar-refractivity contribution is 5.96. The number of hydrogen-bond donors (Lipinski definition) is 2. The van der Waals surface area contributed by atoms with Gasteiger partial charge in [-0.05, 0) is 25.0 Å². The van der Waals surface area contributed by atoms with Crippen molar-refractivity contribution in [3.05, 3.63) is 29.6 Å². The van der Waals surface area contributed by atoms with Gasteiger partial charge in [0.2, 0.25) is 0 Å². The summed E-state index contributed by atoms with van der Waals surface area (Å²) >= 11 is 0. The fourth-order valence-electron chi connectivity index (χ4n) is 2.94. The van der Waals surface area contributed by atoms with E-state index in [0.29, 0.717) is 24.5 Å². The molecule has 0 fully saturated rings. The Kier molecular flexibility index (Phi) is 8.28. The fourth-order valence-corrected chi connectivity index (χ4v) is 2.94. The van der Waals surface area contributed by atoms with Crippen LogP contribution in [0.1, 0.15) is 85.2 Å². The molecule has 2 rings (SSSR count). The third-order valence-corrected chi connectivity index (χ3v) is 4.39. The number of aromatic nitrogens is 1. The van der Waals surface area contributed by atoms with Gasteiger partial charge in [0.1, 0.15) is 11.4 Å². The van der Waals surface area contributed by atoms with Gasteiger partial charge in [0.25, 0.3) is 11.8 Å². The third kappa shape index (κ3) is 6.69. The minimum absolute atomic E-state index is 0.206. The number of nitrogens with zero attached hydrogens (tertiary/aromatic N) is 1. The Labute approximate surface area is 144 Å². The van der Waals surface area contributed by atoms with E-state index in [0.717, 1.165) is 25.7 Å². The molecule has 0 spiro atoms. The van der Waals surface area contributed by atoms with Crippen molar-refractivity contribution in [2.75, 3.05) is 13.1 Å². The smallest absolute Gasteiger partial charge is 0.269 e. The van der Waals surface area contributed by atoms with Crippen LogP contribution in [0.3, 0.4) is 0 Å². The van der Waals surface area contributed by atoms with Crippen LogP contribution in [0.2, 0.25) is 0 Å². The van der Waals surface area contributed by atoms with Gasteiger partial charge in [0, 0.05) is 13.1 Å². The molecular formula is C19H29N3O2. The zero-order valence-electron chi connectivity index (χ0n) is 14.5. The Morgan fingerprint density at radius 3 is 1.42 bits per heavy atom. The van der Waals surface area contributed by atoms with E-state index in [1.165, 1.54) is 38.5 Å². The van der Waals surface area contributed by atoms with Gasteiger partial charge in [-0.1, -0.05) is 57.4 Å². The molecule has 2 amide bonds. The molecular weight excluding hydrogens is 302 g/mol. The van der Waals surface area contributed by atoms with E-state index in [-0.39, 0.29) is 11.8 Å². The highest BCUT2D eigenvalue weighted by atomic mass is 16.2. The molecule has 1 aliphatic heterocycles. The van der Waals surface area contributed by atoms with E-state index in [4.69, 9.17) is 0 Å². The second-order valence-corrected chi connectivity index (χ2v) is 6.46. The highest BCUT2D eigenvalue weighted by Gasteiger charge is 2.11. The number of pyridine rings is 1. The van der Waals surface area contributed by atoms with Crippen molar-refractivity contribution in [3.8, 4) is 0 Å². The first-order valence-electron chi connectivity index (χ1n) is 9.31. The van der Waals surface area contributed by atoms with Crippen molar-refractivity contribution >= 4 is 11.8 Å². The predicted octanol–water partition coefficient (Wildman–Crippen LogP) is 3.46. The molecule has 1 aromatic heterocycles. The van der Waals surface area contributed by atoms with Crippen molar-refractivity contribution in [2.45, 2.75) is 64.2 Å². The first-order valence-corrected chi connectivity index (χ1v) is 9.31. The van der Waals surface area contributed by atoms with Gasteiger partial charge in [0.15, 0.2) is 0 Å². The lowest BCUT2D eigenvalue weighted by Gasteiger charge is -2.07. The summed E-state index contributed by atoms with van der Waals surface area (Å²) in [6, 6.07) is 5.00. The molecule has 132 valence electrons. The van der Waals surface area contributed by atoms with Gasteiger partial charge in [-0.2, -0.15) is 0 Å². The summed E-state index contributed by atoms with van der Waals surface area (Å²) in [6.07, 6.45) is 11.9. The summed E-state index contributed by atoms with van der Waals surface area (Å²) in [4.78, 5) is 28.4. The van der Waals surface area contributed by atoms with E-state index in [9.17, 15) is 9.59 Å². The Balaban J connectivity index is 1.93. The first kappa shape index (κ1) is 18.4. The van der Waals surface area contributed by atoms with E-state index >= 15 is 0 Å². The number of nitrogens with one attached hydrogen (secondary N) is 2. The molecule has 2 heterocycles. The maximum absolute atomic E-state index is 12.1. The molecule has 0 radical (unpaired) electrons. The Morgan fingerprint density at radius 2 is 1.00 bits per heavy atom. The van der Waals surface area contributed by atoms with Crippen LogP contribution in [0, 0.1) is 0 Å². The lowest BCUT2D eigenvalue weighted by Crippen LogP contribution is -2.28. The largest absolute Gasteiger partial charge is 0.351 e. The van der Waals surface area contributed by atoms with Crippen molar-refractivity contribution in [1.82, 2.24) is 15.6 Å². The van der Waals surface area contributed by atoms with E-state index in [1.54, 1.807) is 18.2 Å². The van der Waals surface area contributed by atoms with Crippen LogP contribution in [0.25, 0.3) is 0 Å². The van der Waals surface area contributed by atoms with Crippen molar-refractivity contribution in [1.29, 1.82) is 0 Å². The maximum Gasteiger partial charge on any atom is 0.269 e. The van der Waals surface area contributed by atoms with Crippen LogP contribution in [0.4, 0.5) is 0 Å². The summed E-state index contributed by atoms with van der Waals surface area (Å²) in [7, 11) is 0. The van der Waals surface area contributed by atoms with E-state index in [2.05, 4.69) is 15.6 Å². The molecule has 2 bridgehead atoms. The Morgan fingerprint density at radius 1 is 0.625 bits per heavy atom. The minimum Gasteiger partial charge on any atom is -0.351 e. The number of rotatable bonds is 0. The van der Waals surface area contributed by atoms with Crippen LogP contribution in [0.5, 0.6) is 0 Å². The first-order chi connectivity index (χ1) is 11.8. The van der Waals surface area contributed by atoms with Gasteiger partial charge in [-0.25, -0.2) is 4.98 Å². The number of hydrogen-bond acceptors (Lipinski definition) is 3. The lowest BCUT2D eigenvalue weighted by atomic mass is 10.1. The molecule has 5 heteroatoms. The molecule has 24 heavy (non-hydrogen) atoms. The Hall–Kier alpha value is -1.91. The number of fused-ring (bicyclic) bond motifs is 2. The van der Waals surface area contributed by atoms with Gasteiger partial charge < -0.3 is 10.6 Å². The Bertz CT molecular complexity index is 488. The van der Waals surface area contributed by atoms with E-state index < -0.39 is 0 Å². The predicted molar refractivity (Wildman–Crippen MR) is 95.1 cm³/mol. The van der Waals surface area contributed by atoms with Crippen LogP contribution in [0.15, 0.2) is 18.2 Å². The maximum atomic E-state index is 12.1. The quantitative estimate of drug-likeness (QED) is 0.765. The normalized spacial score (nSPS) is 19.3. The molecule has 1 aliphatic rings. The van der Waals surface area contributed by atoms with Gasteiger partial charge in [-0.3, -0.25) is 9.59 Å². The molecule has 0 atom stereocenters. The number of amides is 2. The monoisotopic (exact) mass is 331 g/mol. The van der Waals surface area contributed by atoms with Gasteiger partial charge in [-0.15, -0.1) is 0 Å². The van der Waals surface area contributed by atoms with Gasteiger partial charge >= 0.3 is 0 Å². The minimum atomic E-state index is -0.206. The van der Waals surface area contributed by atoms with Crippen molar-refractivity contribution in [2.24, 2.45) is 0 Å². The van der Waals surface area contributed by atoms with Crippen molar-refractivity contribution in [3.63, 3.8) is 0 Å². The van der Waals surface area contributed by atoms with Crippen LogP contribution < -0.4 is 10.6 Å². The molecule has 0 aliphatic carbocycles. The summed E-state index contributed by atoms with van der Waals surface area (Å²) in [5, 5.41) is 5.77. The summed E-state index contributed by atoms with van der Waals surface area (Å²) in [5.41, 5.74) is 0.612. The zero-order chi connectivity index (χ0) is 17.0. The average Bonchev–Trinajstić information content (AvgIpc) is 2.61. The van der Waals surface area contributed by atoms with Crippen LogP contribution >= 0.6 is 0 Å². The summed E-state index contributed by atoms with van der Waals surface area (Å²) in [6.45, 7) is 1.33. The molecule has 0 saturated heterocycles. The molecule has 2 N–H and O–H groups in total. The second kappa shape index (κ2) is 10.8. The van der Waals surface area contributed by atoms with Crippen LogP contribution in [-0.2, 0) is 0 Å². The van der Waals surface area contributed by atoms with Gasteiger partial charge in [0.05, 0.1) is 0 Å². The van der Waals surface area contributed by atoms with Crippen molar-refractivity contribution < 1.29 is 9.59 Å². The highest BCUT2D eigenvalue weighted by Crippen LogP contribution is 2.10. The average molecular weight is 331 g/mol. The number of carbonyl (C=O) groups is 2. The van der Waals surface area contributed by atoms with E-state index in [1.807, 2.05) is 0 Å². The lowest BCUT2D eigenvalue weighted by molar-refractivity contribution is 0.0943. The zero-order valence-corrected chi connectivity index (χ0v) is 14.5. The summed E-state index contributed by atoms with van der Waals surface area (Å²) in [5.74, 6) is -0.412.